The van der Waals surface area contributed by atoms with Crippen LogP contribution in [0.2, 0.25) is 0 Å². The zero-order valence-electron chi connectivity index (χ0n) is 10.8. The molecule has 1 atom stereocenters. The van der Waals surface area contributed by atoms with Gasteiger partial charge in [0.15, 0.2) is 0 Å². The van der Waals surface area contributed by atoms with Crippen LogP contribution in [-0.2, 0) is 5.60 Å². The van der Waals surface area contributed by atoms with Crippen LogP contribution in [0.25, 0.3) is 0 Å². The molecule has 1 N–H and O–H groups in total. The average molecular weight is 254 g/mol. The fourth-order valence-corrected chi connectivity index (χ4v) is 2.94. The Balaban J connectivity index is 2.13. The maximum Gasteiger partial charge on any atom is 0.126 e. The summed E-state index contributed by atoms with van der Waals surface area (Å²) in [5.41, 5.74) is -0.809. The molecule has 0 radical (unpaired) electrons. The largest absolute Gasteiger partial charge is 0.385 e. The van der Waals surface area contributed by atoms with E-state index < -0.39 is 17.2 Å². The van der Waals surface area contributed by atoms with Gasteiger partial charge < -0.3 is 5.11 Å². The van der Waals surface area contributed by atoms with E-state index >= 15 is 0 Å². The minimum absolute atomic E-state index is 0.338. The van der Waals surface area contributed by atoms with Crippen LogP contribution >= 0.6 is 0 Å². The lowest BCUT2D eigenvalue weighted by Gasteiger charge is -2.31. The second-order valence-corrected chi connectivity index (χ2v) is 5.64. The molecule has 18 heavy (non-hydrogen) atoms. The van der Waals surface area contributed by atoms with Gasteiger partial charge in [-0.1, -0.05) is 32.1 Å². The molecule has 0 aromatic heterocycles. The summed E-state index contributed by atoms with van der Waals surface area (Å²) in [4.78, 5) is 0. The molecule has 1 saturated carbocycles. The highest BCUT2D eigenvalue weighted by atomic mass is 19.1. The van der Waals surface area contributed by atoms with Crippen molar-refractivity contribution in [2.45, 2.75) is 51.0 Å². The van der Waals surface area contributed by atoms with Gasteiger partial charge in [-0.25, -0.2) is 8.78 Å². The minimum Gasteiger partial charge on any atom is -0.385 e. The predicted molar refractivity (Wildman–Crippen MR) is 67.1 cm³/mol. The standard InChI is InChI=1S/C15H20F2O/c1-15(18,10-11-5-3-2-4-6-11)12-7-13(16)9-14(17)8-12/h7-9,11,18H,2-6,10H2,1H3. The van der Waals surface area contributed by atoms with Gasteiger partial charge in [-0.2, -0.15) is 0 Å². The molecular formula is C15H20F2O. The van der Waals surface area contributed by atoms with Gasteiger partial charge in [-0.05, 0) is 37.0 Å². The van der Waals surface area contributed by atoms with E-state index in [1.54, 1.807) is 6.92 Å². The van der Waals surface area contributed by atoms with E-state index in [0.29, 0.717) is 17.9 Å². The molecule has 0 aliphatic heterocycles. The number of benzene rings is 1. The SMILES string of the molecule is CC(O)(CC1CCCCC1)c1cc(F)cc(F)c1. The van der Waals surface area contributed by atoms with Crippen molar-refractivity contribution in [1.29, 1.82) is 0 Å². The first-order valence-electron chi connectivity index (χ1n) is 6.66. The van der Waals surface area contributed by atoms with Gasteiger partial charge in [0.05, 0.1) is 5.60 Å². The molecular weight excluding hydrogens is 234 g/mol. The number of halogens is 2. The Labute approximate surface area is 107 Å². The highest BCUT2D eigenvalue weighted by Crippen LogP contribution is 2.35. The van der Waals surface area contributed by atoms with Gasteiger partial charge >= 0.3 is 0 Å². The molecule has 1 fully saturated rings. The first kappa shape index (κ1) is 13.5. The Morgan fingerprint density at radius 2 is 1.67 bits per heavy atom. The van der Waals surface area contributed by atoms with Crippen LogP contribution < -0.4 is 0 Å². The van der Waals surface area contributed by atoms with E-state index in [4.69, 9.17) is 0 Å². The zero-order valence-corrected chi connectivity index (χ0v) is 10.8. The van der Waals surface area contributed by atoms with Crippen molar-refractivity contribution in [1.82, 2.24) is 0 Å². The van der Waals surface area contributed by atoms with Crippen molar-refractivity contribution in [3.05, 3.63) is 35.4 Å². The van der Waals surface area contributed by atoms with Crippen LogP contribution in [0.1, 0.15) is 51.0 Å². The van der Waals surface area contributed by atoms with Crippen LogP contribution in [0.4, 0.5) is 8.78 Å². The Bertz CT molecular complexity index is 389. The van der Waals surface area contributed by atoms with E-state index in [2.05, 4.69) is 0 Å². The Morgan fingerprint density at radius 3 is 2.22 bits per heavy atom. The summed E-state index contributed by atoms with van der Waals surface area (Å²) in [5, 5.41) is 10.5. The lowest BCUT2D eigenvalue weighted by Crippen LogP contribution is -2.26. The maximum absolute atomic E-state index is 13.2. The van der Waals surface area contributed by atoms with Gasteiger partial charge in [0.25, 0.3) is 0 Å². The molecule has 0 heterocycles. The molecule has 1 aliphatic rings. The molecule has 0 spiro atoms. The fourth-order valence-electron chi connectivity index (χ4n) is 2.94. The summed E-state index contributed by atoms with van der Waals surface area (Å²) in [6.07, 6.45) is 6.43. The zero-order chi connectivity index (χ0) is 13.2. The van der Waals surface area contributed by atoms with Crippen molar-refractivity contribution in [2.24, 2.45) is 5.92 Å². The molecule has 3 heteroatoms. The highest BCUT2D eigenvalue weighted by Gasteiger charge is 2.29. The third-order valence-electron chi connectivity index (χ3n) is 3.90. The first-order valence-corrected chi connectivity index (χ1v) is 6.66. The van der Waals surface area contributed by atoms with Crippen molar-refractivity contribution in [3.63, 3.8) is 0 Å². The fraction of sp³-hybridized carbons (Fsp3) is 0.600. The van der Waals surface area contributed by atoms with Crippen molar-refractivity contribution >= 4 is 0 Å². The van der Waals surface area contributed by atoms with E-state index in [1.807, 2.05) is 0 Å². The van der Waals surface area contributed by atoms with Gasteiger partial charge in [0.2, 0.25) is 0 Å². The molecule has 0 bridgehead atoms. The predicted octanol–water partition coefficient (Wildman–Crippen LogP) is 4.14. The van der Waals surface area contributed by atoms with Crippen molar-refractivity contribution in [2.75, 3.05) is 0 Å². The molecule has 100 valence electrons. The minimum atomic E-state index is -1.15. The summed E-state index contributed by atoms with van der Waals surface area (Å²) in [6, 6.07) is 3.29. The Hall–Kier alpha value is -0.960. The third kappa shape index (κ3) is 3.29. The van der Waals surface area contributed by atoms with Gasteiger partial charge in [-0.3, -0.25) is 0 Å². The van der Waals surface area contributed by atoms with Crippen LogP contribution in [-0.4, -0.2) is 5.11 Å². The number of hydrogen-bond acceptors (Lipinski definition) is 1. The lowest BCUT2D eigenvalue weighted by molar-refractivity contribution is 0.0232. The topological polar surface area (TPSA) is 20.2 Å². The lowest BCUT2D eigenvalue weighted by atomic mass is 9.79. The molecule has 1 nitrogen and oxygen atoms in total. The summed E-state index contributed by atoms with van der Waals surface area (Å²) in [5.74, 6) is -0.803. The molecule has 1 aromatic rings. The van der Waals surface area contributed by atoms with E-state index in [9.17, 15) is 13.9 Å². The van der Waals surface area contributed by atoms with Crippen LogP contribution in [0, 0.1) is 17.6 Å². The van der Waals surface area contributed by atoms with Gasteiger partial charge in [0.1, 0.15) is 11.6 Å². The molecule has 1 aromatic carbocycles. The van der Waals surface area contributed by atoms with Crippen molar-refractivity contribution in [3.8, 4) is 0 Å². The van der Waals surface area contributed by atoms with Crippen molar-refractivity contribution < 1.29 is 13.9 Å². The molecule has 1 aliphatic carbocycles. The summed E-state index contributed by atoms with van der Waals surface area (Å²) in [7, 11) is 0. The van der Waals surface area contributed by atoms with E-state index in [0.717, 1.165) is 18.9 Å². The molecule has 2 rings (SSSR count). The first-order chi connectivity index (χ1) is 8.47. The molecule has 0 saturated heterocycles. The molecule has 1 unspecified atom stereocenters. The summed E-state index contributed by atoms with van der Waals surface area (Å²) >= 11 is 0. The monoisotopic (exact) mass is 254 g/mol. The van der Waals surface area contributed by atoms with Gasteiger partial charge in [-0.15, -0.1) is 0 Å². The summed E-state index contributed by atoms with van der Waals surface area (Å²) < 4.78 is 26.4. The maximum atomic E-state index is 13.2. The normalized spacial score (nSPS) is 20.7. The Kier molecular flexibility index (Phi) is 4.00. The van der Waals surface area contributed by atoms with E-state index in [1.165, 1.54) is 31.4 Å². The average Bonchev–Trinajstić information content (AvgIpc) is 2.28. The second-order valence-electron chi connectivity index (χ2n) is 5.64. The highest BCUT2D eigenvalue weighted by molar-refractivity contribution is 5.23. The van der Waals surface area contributed by atoms with Crippen LogP contribution in [0.3, 0.4) is 0 Å². The third-order valence-corrected chi connectivity index (χ3v) is 3.90. The number of hydrogen-bond donors (Lipinski definition) is 1. The molecule has 0 amide bonds. The van der Waals surface area contributed by atoms with Gasteiger partial charge in [0, 0.05) is 6.07 Å². The van der Waals surface area contributed by atoms with Crippen LogP contribution in [0.15, 0.2) is 18.2 Å². The number of aliphatic hydroxyl groups is 1. The Morgan fingerprint density at radius 1 is 1.11 bits per heavy atom. The number of rotatable bonds is 3. The summed E-state index contributed by atoms with van der Waals surface area (Å²) in [6.45, 7) is 1.65. The smallest absolute Gasteiger partial charge is 0.126 e. The van der Waals surface area contributed by atoms with E-state index in [-0.39, 0.29) is 0 Å². The van der Waals surface area contributed by atoms with Crippen LogP contribution in [0.5, 0.6) is 0 Å². The second kappa shape index (κ2) is 5.35. The quantitative estimate of drug-likeness (QED) is 0.859.